The van der Waals surface area contributed by atoms with E-state index in [4.69, 9.17) is 0 Å². The van der Waals surface area contributed by atoms with Crippen LogP contribution in [0.4, 0.5) is 13.2 Å². The Morgan fingerprint density at radius 2 is 1.71 bits per heavy atom. The van der Waals surface area contributed by atoms with Crippen LogP contribution in [0.2, 0.25) is 0 Å². The van der Waals surface area contributed by atoms with Crippen molar-refractivity contribution in [3.63, 3.8) is 0 Å². The van der Waals surface area contributed by atoms with Crippen molar-refractivity contribution in [2.45, 2.75) is 18.0 Å². The molecular formula is C16H17F3N2O2S. The van der Waals surface area contributed by atoms with E-state index in [0.717, 1.165) is 6.07 Å². The lowest BCUT2D eigenvalue weighted by atomic mass is 10.1. The molecule has 0 radical (unpaired) electrons. The van der Waals surface area contributed by atoms with E-state index in [0.29, 0.717) is 26.2 Å². The molecule has 0 spiro atoms. The molecule has 0 saturated carbocycles. The number of hydrogen-bond acceptors (Lipinski definition) is 3. The van der Waals surface area contributed by atoms with Gasteiger partial charge in [-0.25, -0.2) is 0 Å². The molecule has 4 nitrogen and oxygen atoms in total. The molecule has 1 heterocycles. The number of nitrogens with zero attached hydrogens (tertiary/aromatic N) is 2. The Balaban J connectivity index is 2.03. The first-order valence-corrected chi connectivity index (χ1v) is 7.76. The minimum Gasteiger partial charge on any atom is -0.339 e. The van der Waals surface area contributed by atoms with Gasteiger partial charge in [-0.05, 0) is 23.8 Å². The van der Waals surface area contributed by atoms with Crippen molar-refractivity contribution in [1.82, 2.24) is 9.80 Å². The molecule has 8 heteroatoms. The van der Waals surface area contributed by atoms with Crippen molar-refractivity contribution >= 4 is 30.5 Å². The van der Waals surface area contributed by atoms with Gasteiger partial charge in [0.25, 0.3) is 0 Å². The lowest BCUT2D eigenvalue weighted by Gasteiger charge is -2.33. The van der Waals surface area contributed by atoms with Gasteiger partial charge in [0.15, 0.2) is 0 Å². The van der Waals surface area contributed by atoms with Crippen molar-refractivity contribution in [3.05, 3.63) is 35.4 Å². The molecule has 0 N–H and O–H groups in total. The van der Waals surface area contributed by atoms with Crippen LogP contribution in [0.3, 0.4) is 0 Å². The van der Waals surface area contributed by atoms with E-state index in [1.54, 1.807) is 9.80 Å². The molecule has 24 heavy (non-hydrogen) atoms. The zero-order valence-electron chi connectivity index (χ0n) is 13.0. The average molecular weight is 358 g/mol. The first kappa shape index (κ1) is 18.4. The third-order valence-corrected chi connectivity index (χ3v) is 4.17. The van der Waals surface area contributed by atoms with Gasteiger partial charge in [-0.1, -0.05) is 6.07 Å². The van der Waals surface area contributed by atoms with E-state index in [1.807, 2.05) is 0 Å². The molecule has 1 aromatic rings. The van der Waals surface area contributed by atoms with Crippen LogP contribution >= 0.6 is 12.6 Å². The number of piperazine rings is 1. The number of halogens is 3. The summed E-state index contributed by atoms with van der Waals surface area (Å²) in [6, 6.07) is 3.68. The molecule has 0 unspecified atom stereocenters. The van der Waals surface area contributed by atoms with Crippen LogP contribution in [-0.2, 0) is 15.8 Å². The summed E-state index contributed by atoms with van der Waals surface area (Å²) < 4.78 is 38.5. The third-order valence-electron chi connectivity index (χ3n) is 3.78. The molecule has 0 bridgehead atoms. The molecule has 2 amide bonds. The Bertz CT molecular complexity index is 666. The van der Waals surface area contributed by atoms with Gasteiger partial charge in [-0.2, -0.15) is 13.2 Å². The molecule has 1 saturated heterocycles. The second-order valence-electron chi connectivity index (χ2n) is 5.44. The van der Waals surface area contributed by atoms with Gasteiger partial charge < -0.3 is 9.80 Å². The van der Waals surface area contributed by atoms with E-state index in [9.17, 15) is 22.8 Å². The van der Waals surface area contributed by atoms with E-state index in [2.05, 4.69) is 12.6 Å². The van der Waals surface area contributed by atoms with E-state index in [1.165, 1.54) is 31.2 Å². The number of alkyl halides is 3. The van der Waals surface area contributed by atoms with Crippen molar-refractivity contribution in [2.75, 3.05) is 26.2 Å². The van der Waals surface area contributed by atoms with Gasteiger partial charge in [0.1, 0.15) is 0 Å². The molecular weight excluding hydrogens is 341 g/mol. The summed E-state index contributed by atoms with van der Waals surface area (Å²) in [4.78, 5) is 26.4. The Kier molecular flexibility index (Phi) is 5.58. The van der Waals surface area contributed by atoms with Crippen LogP contribution in [0.5, 0.6) is 0 Å². The highest BCUT2D eigenvalue weighted by Crippen LogP contribution is 2.34. The van der Waals surface area contributed by atoms with Gasteiger partial charge in [-0.3, -0.25) is 9.59 Å². The van der Waals surface area contributed by atoms with Crippen LogP contribution < -0.4 is 0 Å². The Morgan fingerprint density at radius 3 is 2.25 bits per heavy atom. The van der Waals surface area contributed by atoms with Crippen LogP contribution in [0, 0.1) is 0 Å². The van der Waals surface area contributed by atoms with Crippen LogP contribution in [0.15, 0.2) is 29.2 Å². The molecule has 1 aliphatic rings. The first-order valence-electron chi connectivity index (χ1n) is 7.31. The Labute approximate surface area is 143 Å². The van der Waals surface area contributed by atoms with Crippen molar-refractivity contribution in [2.24, 2.45) is 0 Å². The van der Waals surface area contributed by atoms with Crippen LogP contribution in [-0.4, -0.2) is 47.8 Å². The third kappa shape index (κ3) is 4.53. The second-order valence-corrected chi connectivity index (χ2v) is 5.92. The quantitative estimate of drug-likeness (QED) is 0.652. The number of hydrogen-bond donors (Lipinski definition) is 1. The normalized spacial score (nSPS) is 15.9. The number of rotatable bonds is 2. The summed E-state index contributed by atoms with van der Waals surface area (Å²) in [5.41, 5.74) is -0.564. The average Bonchev–Trinajstić information content (AvgIpc) is 2.52. The summed E-state index contributed by atoms with van der Waals surface area (Å²) in [5.74, 6) is -0.328. The summed E-state index contributed by atoms with van der Waals surface area (Å²) in [6.07, 6.45) is -1.90. The number of benzene rings is 1. The first-order chi connectivity index (χ1) is 11.2. The van der Waals surface area contributed by atoms with E-state index >= 15 is 0 Å². The second kappa shape index (κ2) is 7.29. The summed E-state index contributed by atoms with van der Waals surface area (Å²) in [6.45, 7) is 3.21. The molecule has 130 valence electrons. The summed E-state index contributed by atoms with van der Waals surface area (Å²) >= 11 is 3.80. The number of carbonyl (C=O) groups excluding carboxylic acids is 2. The maximum atomic E-state index is 12.8. The van der Waals surface area contributed by atoms with Crippen molar-refractivity contribution < 1.29 is 22.8 Å². The lowest BCUT2D eigenvalue weighted by Crippen LogP contribution is -2.49. The van der Waals surface area contributed by atoms with Crippen LogP contribution in [0.25, 0.3) is 6.08 Å². The smallest absolute Gasteiger partial charge is 0.339 e. The van der Waals surface area contributed by atoms with Gasteiger partial charge in [0.2, 0.25) is 11.8 Å². The standard InChI is InChI=1S/C16H17F3N2O2S/c1-11(22)20-6-8-21(9-7-20)15(23)5-3-12-2-4-14(24)13(10-12)16(17,18)19/h2-5,10,24H,6-9H2,1H3/b5-3+. The van der Waals surface area contributed by atoms with Crippen LogP contribution in [0.1, 0.15) is 18.1 Å². The fraction of sp³-hybridized carbons (Fsp3) is 0.375. The fourth-order valence-corrected chi connectivity index (χ4v) is 2.66. The molecule has 0 aliphatic carbocycles. The Morgan fingerprint density at radius 1 is 1.12 bits per heavy atom. The predicted octanol–water partition coefficient (Wildman–Crippen LogP) is 2.70. The molecule has 1 aromatic carbocycles. The van der Waals surface area contributed by atoms with Gasteiger partial charge in [-0.15, -0.1) is 12.6 Å². The highest BCUT2D eigenvalue weighted by Gasteiger charge is 2.32. The maximum Gasteiger partial charge on any atom is 0.417 e. The number of thiol groups is 1. The highest BCUT2D eigenvalue weighted by atomic mass is 32.1. The molecule has 2 rings (SSSR count). The minimum absolute atomic E-state index is 0.0378. The molecule has 1 fully saturated rings. The number of carbonyl (C=O) groups is 2. The van der Waals surface area contributed by atoms with E-state index in [-0.39, 0.29) is 22.3 Å². The Hall–Kier alpha value is -1.96. The summed E-state index contributed by atoms with van der Waals surface area (Å²) in [7, 11) is 0. The molecule has 1 aliphatic heterocycles. The SMILES string of the molecule is CC(=O)N1CCN(C(=O)/C=C/c2ccc(S)c(C(F)(F)F)c2)CC1. The minimum atomic E-state index is -4.49. The lowest BCUT2D eigenvalue weighted by molar-refractivity contribution is -0.139. The van der Waals surface area contributed by atoms with Gasteiger partial charge in [0.05, 0.1) is 5.56 Å². The molecule has 0 atom stereocenters. The monoisotopic (exact) mass is 358 g/mol. The topological polar surface area (TPSA) is 40.6 Å². The maximum absolute atomic E-state index is 12.8. The molecule has 0 aromatic heterocycles. The fourth-order valence-electron chi connectivity index (χ4n) is 2.40. The van der Waals surface area contributed by atoms with E-state index < -0.39 is 11.7 Å². The van der Waals surface area contributed by atoms with Gasteiger partial charge >= 0.3 is 6.18 Å². The van der Waals surface area contributed by atoms with Crippen molar-refractivity contribution in [1.29, 1.82) is 0 Å². The largest absolute Gasteiger partial charge is 0.417 e. The van der Waals surface area contributed by atoms with Gasteiger partial charge in [0, 0.05) is 44.1 Å². The highest BCUT2D eigenvalue weighted by molar-refractivity contribution is 7.80. The zero-order valence-corrected chi connectivity index (χ0v) is 13.9. The zero-order chi connectivity index (χ0) is 17.9. The van der Waals surface area contributed by atoms with Crippen molar-refractivity contribution in [3.8, 4) is 0 Å². The predicted molar refractivity (Wildman–Crippen MR) is 86.6 cm³/mol. The number of amides is 2. The summed E-state index contributed by atoms with van der Waals surface area (Å²) in [5, 5.41) is 0.